The summed E-state index contributed by atoms with van der Waals surface area (Å²) in [6.07, 6.45) is 1.93. The lowest BCUT2D eigenvalue weighted by atomic mass is 9.91. The molecular formula is C29H26N2O3. The van der Waals surface area contributed by atoms with Crippen molar-refractivity contribution in [3.63, 3.8) is 0 Å². The quantitative estimate of drug-likeness (QED) is 0.328. The number of fused-ring (bicyclic) bond motifs is 6. The Balaban J connectivity index is 1.61. The molecule has 5 aromatic rings. The number of benzene rings is 3. The monoisotopic (exact) mass is 450 g/mol. The number of aryl methyl sites for hydroxylation is 2. The van der Waals surface area contributed by atoms with E-state index in [0.29, 0.717) is 0 Å². The number of ether oxygens (including phenoxy) is 3. The molecule has 2 aromatic heterocycles. The third kappa shape index (κ3) is 3.11. The van der Waals surface area contributed by atoms with Crippen molar-refractivity contribution in [1.82, 2.24) is 9.55 Å². The van der Waals surface area contributed by atoms with E-state index in [0.717, 1.165) is 53.2 Å². The minimum atomic E-state index is 0.753. The van der Waals surface area contributed by atoms with Gasteiger partial charge in [0.2, 0.25) is 0 Å². The first-order chi connectivity index (χ1) is 16.7. The predicted octanol–water partition coefficient (Wildman–Crippen LogP) is 6.03. The Bertz CT molecular complexity index is 1530. The van der Waals surface area contributed by atoms with Gasteiger partial charge in [0.25, 0.3) is 0 Å². The van der Waals surface area contributed by atoms with Gasteiger partial charge in [0.1, 0.15) is 22.8 Å². The summed E-state index contributed by atoms with van der Waals surface area (Å²) in [5.41, 5.74) is 8.12. The van der Waals surface area contributed by atoms with Crippen LogP contribution in [0.4, 0.5) is 0 Å². The van der Waals surface area contributed by atoms with Crippen molar-refractivity contribution < 1.29 is 14.2 Å². The Morgan fingerprint density at radius 3 is 2.32 bits per heavy atom. The molecule has 1 aliphatic carbocycles. The Morgan fingerprint density at radius 1 is 0.794 bits per heavy atom. The minimum absolute atomic E-state index is 0.753. The lowest BCUT2D eigenvalue weighted by molar-refractivity contribution is 0.409. The van der Waals surface area contributed by atoms with Crippen LogP contribution in [0.15, 0.2) is 66.7 Å². The molecule has 0 saturated carbocycles. The topological polar surface area (TPSA) is 45.5 Å². The Kier molecular flexibility index (Phi) is 4.91. The molecule has 170 valence electrons. The smallest absolute Gasteiger partial charge is 0.145 e. The maximum atomic E-state index is 5.68. The van der Waals surface area contributed by atoms with Crippen LogP contribution in [0.3, 0.4) is 0 Å². The molecule has 0 N–H and O–H groups in total. The Morgan fingerprint density at radius 2 is 1.56 bits per heavy atom. The second kappa shape index (κ2) is 8.10. The highest BCUT2D eigenvalue weighted by atomic mass is 16.5. The van der Waals surface area contributed by atoms with Crippen molar-refractivity contribution in [2.75, 3.05) is 21.3 Å². The minimum Gasteiger partial charge on any atom is -0.497 e. The van der Waals surface area contributed by atoms with Crippen LogP contribution in [0, 0.1) is 0 Å². The molecule has 0 radical (unpaired) electrons. The van der Waals surface area contributed by atoms with E-state index in [1.807, 2.05) is 24.3 Å². The summed E-state index contributed by atoms with van der Waals surface area (Å²) < 4.78 is 19.1. The third-order valence-corrected chi connectivity index (χ3v) is 6.87. The normalized spacial score (nSPS) is 12.4. The molecule has 1 aliphatic rings. The second-order valence-electron chi connectivity index (χ2n) is 8.64. The maximum absolute atomic E-state index is 5.68. The van der Waals surface area contributed by atoms with Gasteiger partial charge in [-0.1, -0.05) is 30.3 Å². The molecule has 0 bridgehead atoms. The van der Waals surface area contributed by atoms with E-state index in [9.17, 15) is 0 Å². The van der Waals surface area contributed by atoms with E-state index >= 15 is 0 Å². The maximum Gasteiger partial charge on any atom is 0.145 e. The third-order valence-electron chi connectivity index (χ3n) is 6.87. The molecule has 5 nitrogen and oxygen atoms in total. The van der Waals surface area contributed by atoms with E-state index in [1.165, 1.54) is 33.3 Å². The van der Waals surface area contributed by atoms with Crippen molar-refractivity contribution in [2.45, 2.75) is 19.4 Å². The van der Waals surface area contributed by atoms with E-state index < -0.39 is 0 Å². The fourth-order valence-electron chi connectivity index (χ4n) is 5.23. The average Bonchev–Trinajstić information content (AvgIpc) is 3.21. The van der Waals surface area contributed by atoms with Crippen molar-refractivity contribution in [2.24, 2.45) is 0 Å². The number of aromatic nitrogens is 2. The number of pyridine rings is 1. The van der Waals surface area contributed by atoms with Crippen LogP contribution in [0.25, 0.3) is 33.2 Å². The molecule has 34 heavy (non-hydrogen) atoms. The molecule has 3 aromatic carbocycles. The van der Waals surface area contributed by atoms with Gasteiger partial charge in [0.15, 0.2) is 0 Å². The molecular weight excluding hydrogens is 424 g/mol. The predicted molar refractivity (Wildman–Crippen MR) is 135 cm³/mol. The second-order valence-corrected chi connectivity index (χ2v) is 8.64. The number of para-hydroxylation sites is 1. The van der Waals surface area contributed by atoms with Gasteiger partial charge in [-0.3, -0.25) is 0 Å². The first kappa shape index (κ1) is 20.6. The lowest BCUT2D eigenvalue weighted by Gasteiger charge is -2.21. The molecule has 0 aliphatic heterocycles. The summed E-state index contributed by atoms with van der Waals surface area (Å²) in [6, 6.07) is 23.1. The molecule has 0 amide bonds. The van der Waals surface area contributed by atoms with Gasteiger partial charge >= 0.3 is 0 Å². The highest BCUT2D eigenvalue weighted by molar-refractivity contribution is 5.97. The van der Waals surface area contributed by atoms with E-state index in [1.54, 1.807) is 21.3 Å². The van der Waals surface area contributed by atoms with E-state index in [2.05, 4.69) is 47.0 Å². The summed E-state index contributed by atoms with van der Waals surface area (Å²) in [6.45, 7) is 0.758. The van der Waals surface area contributed by atoms with E-state index in [4.69, 9.17) is 19.2 Å². The molecule has 0 unspecified atom stereocenters. The molecule has 0 fully saturated rings. The van der Waals surface area contributed by atoms with Crippen molar-refractivity contribution in [1.29, 1.82) is 0 Å². The van der Waals surface area contributed by atoms with Crippen molar-refractivity contribution in [3.8, 4) is 28.6 Å². The van der Waals surface area contributed by atoms with Gasteiger partial charge in [-0.05, 0) is 65.9 Å². The lowest BCUT2D eigenvalue weighted by Crippen LogP contribution is -2.10. The van der Waals surface area contributed by atoms with Gasteiger partial charge in [-0.2, -0.15) is 0 Å². The first-order valence-corrected chi connectivity index (χ1v) is 11.5. The number of methoxy groups -OCH3 is 3. The van der Waals surface area contributed by atoms with Crippen LogP contribution in [-0.2, 0) is 19.4 Å². The number of nitrogens with zero attached hydrogens (tertiary/aromatic N) is 2. The van der Waals surface area contributed by atoms with E-state index in [-0.39, 0.29) is 0 Å². The first-order valence-electron chi connectivity index (χ1n) is 11.5. The molecule has 0 saturated heterocycles. The molecule has 0 atom stereocenters. The van der Waals surface area contributed by atoms with Gasteiger partial charge in [-0.15, -0.1) is 0 Å². The van der Waals surface area contributed by atoms with Crippen LogP contribution >= 0.6 is 0 Å². The van der Waals surface area contributed by atoms with Crippen molar-refractivity contribution in [3.05, 3.63) is 83.4 Å². The highest BCUT2D eigenvalue weighted by Crippen LogP contribution is 2.43. The van der Waals surface area contributed by atoms with Gasteiger partial charge in [-0.25, -0.2) is 4.98 Å². The molecule has 5 heteroatoms. The number of hydrogen-bond donors (Lipinski definition) is 0. The molecule has 6 rings (SSSR count). The van der Waals surface area contributed by atoms with Crippen LogP contribution in [0.2, 0.25) is 0 Å². The average molecular weight is 451 g/mol. The summed E-state index contributed by atoms with van der Waals surface area (Å²) >= 11 is 0. The summed E-state index contributed by atoms with van der Waals surface area (Å²) in [5.74, 6) is 2.43. The number of rotatable bonds is 5. The largest absolute Gasteiger partial charge is 0.497 e. The summed E-state index contributed by atoms with van der Waals surface area (Å²) in [5, 5.41) is 2.29. The summed E-state index contributed by atoms with van der Waals surface area (Å²) in [7, 11) is 5.08. The zero-order chi connectivity index (χ0) is 23.2. The van der Waals surface area contributed by atoms with Gasteiger partial charge in [0, 0.05) is 22.8 Å². The highest BCUT2D eigenvalue weighted by Gasteiger charge is 2.27. The zero-order valence-electron chi connectivity index (χ0n) is 19.6. The van der Waals surface area contributed by atoms with Crippen LogP contribution in [0.5, 0.6) is 17.2 Å². The van der Waals surface area contributed by atoms with Gasteiger partial charge < -0.3 is 18.8 Å². The SMILES string of the molecule is COc1ccc(Cn2c3c(c4ccccc42)CCc2cc4c(OC)ccc(OC)c4nc2-3)cc1. The molecule has 0 spiro atoms. The van der Waals surface area contributed by atoms with Crippen LogP contribution in [0.1, 0.15) is 16.7 Å². The molecule has 2 heterocycles. The van der Waals surface area contributed by atoms with Gasteiger partial charge in [0.05, 0.1) is 32.7 Å². The van der Waals surface area contributed by atoms with Crippen LogP contribution in [-0.4, -0.2) is 30.9 Å². The summed E-state index contributed by atoms with van der Waals surface area (Å²) in [4.78, 5) is 5.22. The Hall–Kier alpha value is -3.99. The Labute approximate surface area is 198 Å². The number of hydrogen-bond acceptors (Lipinski definition) is 4. The fraction of sp³-hybridized carbons (Fsp3) is 0.207. The zero-order valence-corrected chi connectivity index (χ0v) is 19.6. The van der Waals surface area contributed by atoms with Crippen molar-refractivity contribution >= 4 is 21.8 Å². The standard InChI is InChI=1S/C29H26N2O3/c1-32-20-11-8-18(9-12-20)17-31-24-7-5-4-6-21(24)22-13-10-19-16-23-25(33-2)14-15-26(34-3)28(23)30-27(19)29(22)31/h4-9,11-12,14-16H,10,13,17H2,1-3H3. The van der Waals surface area contributed by atoms with Crippen LogP contribution < -0.4 is 14.2 Å². The fourth-order valence-corrected chi connectivity index (χ4v) is 5.23.